The van der Waals surface area contributed by atoms with Gasteiger partial charge in [-0.15, -0.1) is 0 Å². The minimum absolute atomic E-state index is 0.0250. The number of carbonyl (C=O) groups is 2. The molecule has 0 spiro atoms. The quantitative estimate of drug-likeness (QED) is 0.716. The third kappa shape index (κ3) is 6.74. The second-order valence-corrected chi connectivity index (χ2v) is 5.36. The molecule has 0 saturated heterocycles. The fraction of sp³-hybridized carbons (Fsp3) is 0.533. The van der Waals surface area contributed by atoms with Gasteiger partial charge in [-0.2, -0.15) is 5.10 Å². The zero-order valence-electron chi connectivity index (χ0n) is 12.7. The fourth-order valence-electron chi connectivity index (χ4n) is 1.91. The molecule has 0 aliphatic rings. The van der Waals surface area contributed by atoms with E-state index in [1.807, 2.05) is 20.2 Å². The number of aliphatic carboxylic acids is 1. The SMILES string of the molecule is CC(CCCC(C)C(=O)O)NC(=O)C=Cc1cnn(C)c1. The van der Waals surface area contributed by atoms with Gasteiger partial charge in [0.2, 0.25) is 5.91 Å². The molecule has 1 aromatic rings. The molecule has 1 amide bonds. The third-order valence-electron chi connectivity index (χ3n) is 3.24. The number of rotatable bonds is 8. The van der Waals surface area contributed by atoms with Gasteiger partial charge in [0.05, 0.1) is 12.1 Å². The van der Waals surface area contributed by atoms with E-state index in [0.717, 1.165) is 18.4 Å². The first-order valence-corrected chi connectivity index (χ1v) is 7.08. The lowest BCUT2D eigenvalue weighted by Gasteiger charge is -2.13. The standard InChI is InChI=1S/C15H23N3O3/c1-11(15(20)21)5-4-6-12(2)17-14(19)8-7-13-9-16-18(3)10-13/h7-12H,4-6H2,1-3H3,(H,17,19)(H,20,21). The molecule has 2 atom stereocenters. The highest BCUT2D eigenvalue weighted by Gasteiger charge is 2.11. The van der Waals surface area contributed by atoms with Crippen molar-refractivity contribution in [1.82, 2.24) is 15.1 Å². The molecule has 6 nitrogen and oxygen atoms in total. The second kappa shape index (κ2) is 8.24. The number of nitrogens with zero attached hydrogens (tertiary/aromatic N) is 2. The van der Waals surface area contributed by atoms with Crippen LogP contribution >= 0.6 is 0 Å². The number of aromatic nitrogens is 2. The van der Waals surface area contributed by atoms with Gasteiger partial charge in [-0.1, -0.05) is 13.3 Å². The number of hydrogen-bond donors (Lipinski definition) is 2. The van der Waals surface area contributed by atoms with E-state index >= 15 is 0 Å². The van der Waals surface area contributed by atoms with Crippen molar-refractivity contribution >= 4 is 18.0 Å². The lowest BCUT2D eigenvalue weighted by molar-refractivity contribution is -0.141. The van der Waals surface area contributed by atoms with E-state index in [2.05, 4.69) is 10.4 Å². The largest absolute Gasteiger partial charge is 0.481 e. The van der Waals surface area contributed by atoms with Gasteiger partial charge < -0.3 is 10.4 Å². The van der Waals surface area contributed by atoms with Crippen LogP contribution < -0.4 is 5.32 Å². The molecule has 21 heavy (non-hydrogen) atoms. The van der Waals surface area contributed by atoms with Crippen LogP contribution in [0.15, 0.2) is 18.5 Å². The zero-order chi connectivity index (χ0) is 15.8. The van der Waals surface area contributed by atoms with E-state index in [1.165, 1.54) is 6.08 Å². The Balaban J connectivity index is 2.27. The number of nitrogens with one attached hydrogen (secondary N) is 1. The van der Waals surface area contributed by atoms with Crippen molar-refractivity contribution in [2.45, 2.75) is 39.2 Å². The first-order valence-electron chi connectivity index (χ1n) is 7.08. The van der Waals surface area contributed by atoms with Crippen LogP contribution in [0.25, 0.3) is 6.08 Å². The number of amides is 1. The van der Waals surface area contributed by atoms with Gasteiger partial charge in [0.15, 0.2) is 0 Å². The van der Waals surface area contributed by atoms with E-state index in [0.29, 0.717) is 6.42 Å². The van der Waals surface area contributed by atoms with Crippen molar-refractivity contribution in [1.29, 1.82) is 0 Å². The predicted octanol–water partition coefficient (Wildman–Crippen LogP) is 1.83. The van der Waals surface area contributed by atoms with Crippen molar-refractivity contribution in [3.8, 4) is 0 Å². The minimum Gasteiger partial charge on any atom is -0.481 e. The zero-order valence-corrected chi connectivity index (χ0v) is 12.7. The van der Waals surface area contributed by atoms with Gasteiger partial charge in [-0.05, 0) is 25.8 Å². The summed E-state index contributed by atoms with van der Waals surface area (Å²) >= 11 is 0. The van der Waals surface area contributed by atoms with Gasteiger partial charge in [-0.25, -0.2) is 0 Å². The predicted molar refractivity (Wildman–Crippen MR) is 80.5 cm³/mol. The van der Waals surface area contributed by atoms with Gasteiger partial charge in [0.1, 0.15) is 0 Å². The van der Waals surface area contributed by atoms with Crippen LogP contribution in [0, 0.1) is 5.92 Å². The van der Waals surface area contributed by atoms with Gasteiger partial charge in [0, 0.05) is 30.9 Å². The molecule has 0 bridgehead atoms. The molecule has 0 saturated carbocycles. The molecule has 0 aromatic carbocycles. The highest BCUT2D eigenvalue weighted by atomic mass is 16.4. The molecule has 2 unspecified atom stereocenters. The summed E-state index contributed by atoms with van der Waals surface area (Å²) in [5.41, 5.74) is 0.871. The van der Waals surface area contributed by atoms with E-state index in [1.54, 1.807) is 23.9 Å². The second-order valence-electron chi connectivity index (χ2n) is 5.36. The molecular formula is C15H23N3O3. The van der Waals surface area contributed by atoms with E-state index in [9.17, 15) is 9.59 Å². The van der Waals surface area contributed by atoms with Crippen LogP contribution in [-0.2, 0) is 16.6 Å². The summed E-state index contributed by atoms with van der Waals surface area (Å²) in [6.07, 6.45) is 8.86. The Morgan fingerprint density at radius 1 is 1.43 bits per heavy atom. The molecule has 116 valence electrons. The van der Waals surface area contributed by atoms with E-state index in [4.69, 9.17) is 5.11 Å². The Morgan fingerprint density at radius 2 is 2.14 bits per heavy atom. The Kier molecular flexibility index (Phi) is 6.65. The normalized spacial score (nSPS) is 14.0. The maximum atomic E-state index is 11.7. The van der Waals surface area contributed by atoms with Gasteiger partial charge in [0.25, 0.3) is 0 Å². The summed E-state index contributed by atoms with van der Waals surface area (Å²) in [7, 11) is 1.82. The Bertz CT molecular complexity index is 508. The van der Waals surface area contributed by atoms with Crippen molar-refractivity contribution in [3.05, 3.63) is 24.0 Å². The highest BCUT2D eigenvalue weighted by Crippen LogP contribution is 2.09. The van der Waals surface area contributed by atoms with E-state index < -0.39 is 5.97 Å². The molecule has 1 rings (SSSR count). The smallest absolute Gasteiger partial charge is 0.306 e. The average molecular weight is 293 g/mol. The molecular weight excluding hydrogens is 270 g/mol. The molecule has 1 heterocycles. The monoisotopic (exact) mass is 293 g/mol. The molecule has 0 radical (unpaired) electrons. The Morgan fingerprint density at radius 3 is 2.71 bits per heavy atom. The molecule has 2 N–H and O–H groups in total. The maximum absolute atomic E-state index is 11.7. The molecule has 0 fully saturated rings. The fourth-order valence-corrected chi connectivity index (χ4v) is 1.91. The van der Waals surface area contributed by atoms with Crippen LogP contribution in [0.2, 0.25) is 0 Å². The summed E-state index contributed by atoms with van der Waals surface area (Å²) in [6.45, 7) is 3.61. The summed E-state index contributed by atoms with van der Waals surface area (Å²) in [4.78, 5) is 22.4. The molecule has 0 aliphatic heterocycles. The number of carboxylic acid groups (broad SMARTS) is 1. The topological polar surface area (TPSA) is 84.2 Å². The molecule has 0 aliphatic carbocycles. The Hall–Kier alpha value is -2.11. The summed E-state index contributed by atoms with van der Waals surface area (Å²) in [6, 6.07) is 0.0250. The lowest BCUT2D eigenvalue weighted by Crippen LogP contribution is -2.31. The number of hydrogen-bond acceptors (Lipinski definition) is 3. The first kappa shape index (κ1) is 16.9. The average Bonchev–Trinajstić information content (AvgIpc) is 2.82. The minimum atomic E-state index is -0.772. The van der Waals surface area contributed by atoms with Crippen LogP contribution in [-0.4, -0.2) is 32.8 Å². The first-order chi connectivity index (χ1) is 9.88. The van der Waals surface area contributed by atoms with E-state index in [-0.39, 0.29) is 17.9 Å². The van der Waals surface area contributed by atoms with Crippen LogP contribution in [0.3, 0.4) is 0 Å². The van der Waals surface area contributed by atoms with Crippen LogP contribution in [0.5, 0.6) is 0 Å². The number of carbonyl (C=O) groups excluding carboxylic acids is 1. The summed E-state index contributed by atoms with van der Waals surface area (Å²) in [5.74, 6) is -1.26. The molecule has 1 aromatic heterocycles. The van der Waals surface area contributed by atoms with Crippen molar-refractivity contribution in [3.63, 3.8) is 0 Å². The summed E-state index contributed by atoms with van der Waals surface area (Å²) < 4.78 is 1.67. The third-order valence-corrected chi connectivity index (χ3v) is 3.24. The van der Waals surface area contributed by atoms with Crippen molar-refractivity contribution in [2.24, 2.45) is 13.0 Å². The van der Waals surface area contributed by atoms with Gasteiger partial charge >= 0.3 is 5.97 Å². The Labute approximate surface area is 124 Å². The number of aryl methyl sites for hydroxylation is 1. The van der Waals surface area contributed by atoms with Gasteiger partial charge in [-0.3, -0.25) is 14.3 Å². The molecule has 6 heteroatoms. The number of carboxylic acids is 1. The maximum Gasteiger partial charge on any atom is 0.306 e. The van der Waals surface area contributed by atoms with Crippen molar-refractivity contribution < 1.29 is 14.7 Å². The van der Waals surface area contributed by atoms with Crippen LogP contribution in [0.1, 0.15) is 38.7 Å². The van der Waals surface area contributed by atoms with Crippen LogP contribution in [0.4, 0.5) is 0 Å². The summed E-state index contributed by atoms with van der Waals surface area (Å²) in [5, 5.41) is 15.7. The lowest BCUT2D eigenvalue weighted by atomic mass is 10.0. The highest BCUT2D eigenvalue weighted by molar-refractivity contribution is 5.91. The van der Waals surface area contributed by atoms with Crippen molar-refractivity contribution in [2.75, 3.05) is 0 Å².